The van der Waals surface area contributed by atoms with Crippen LogP contribution < -0.4 is 4.31 Å². The first-order valence-electron chi connectivity index (χ1n) is 9.34. The number of thiazole rings is 1. The van der Waals surface area contributed by atoms with Crippen molar-refractivity contribution in [3.05, 3.63) is 78.2 Å². The molecule has 0 saturated carbocycles. The molecular weight excluding hydrogens is 430 g/mol. The van der Waals surface area contributed by atoms with Gasteiger partial charge in [-0.05, 0) is 54.8 Å². The number of aromatic carboxylic acids is 1. The van der Waals surface area contributed by atoms with E-state index < -0.39 is 5.97 Å². The van der Waals surface area contributed by atoms with Crippen molar-refractivity contribution in [2.45, 2.75) is 11.8 Å². The van der Waals surface area contributed by atoms with E-state index in [9.17, 15) is 9.90 Å². The molecular formula is C22H15N5O2S2. The standard InChI is InChI=1S/C22H15N5O2S2/c1-13-6-4-10-17(18(13)21(28)29)31-27(22-26-16-9-5-11-23-20(16)30-22)19-14-7-2-3-8-15(14)24-12-25-19/h2-12H,1H3,(H,28,29). The van der Waals surface area contributed by atoms with Crippen LogP contribution in [0.2, 0.25) is 0 Å². The molecule has 0 aliphatic heterocycles. The first-order valence-corrected chi connectivity index (χ1v) is 10.9. The van der Waals surface area contributed by atoms with Gasteiger partial charge in [0.25, 0.3) is 0 Å². The van der Waals surface area contributed by atoms with E-state index in [1.807, 2.05) is 46.8 Å². The minimum atomic E-state index is -0.973. The molecule has 0 aliphatic carbocycles. The number of anilines is 2. The molecule has 0 aliphatic rings. The number of hydrogen-bond acceptors (Lipinski definition) is 8. The summed E-state index contributed by atoms with van der Waals surface area (Å²) < 4.78 is 1.86. The number of aromatic nitrogens is 4. The number of aryl methyl sites for hydroxylation is 1. The molecule has 2 aromatic carbocycles. The third-order valence-corrected chi connectivity index (χ3v) is 6.83. The van der Waals surface area contributed by atoms with Crippen LogP contribution in [0.15, 0.2) is 72.0 Å². The number of para-hydroxylation sites is 1. The second kappa shape index (κ2) is 7.93. The maximum absolute atomic E-state index is 12.0. The fraction of sp³-hybridized carbons (Fsp3) is 0.0455. The zero-order chi connectivity index (χ0) is 21.4. The van der Waals surface area contributed by atoms with Crippen LogP contribution in [0.4, 0.5) is 10.9 Å². The third-order valence-electron chi connectivity index (χ3n) is 4.68. The number of nitrogens with zero attached hydrogens (tertiary/aromatic N) is 5. The maximum atomic E-state index is 12.0. The maximum Gasteiger partial charge on any atom is 0.337 e. The Labute approximate surface area is 185 Å². The summed E-state index contributed by atoms with van der Waals surface area (Å²) in [4.78, 5) is 31.4. The van der Waals surface area contributed by atoms with Gasteiger partial charge >= 0.3 is 5.97 Å². The predicted octanol–water partition coefficient (Wildman–Crippen LogP) is 5.49. The summed E-state index contributed by atoms with van der Waals surface area (Å²) >= 11 is 2.70. The molecule has 3 heterocycles. The lowest BCUT2D eigenvalue weighted by molar-refractivity contribution is 0.0692. The van der Waals surface area contributed by atoms with E-state index in [4.69, 9.17) is 4.98 Å². The smallest absolute Gasteiger partial charge is 0.337 e. The van der Waals surface area contributed by atoms with Crippen molar-refractivity contribution in [3.8, 4) is 0 Å². The molecule has 31 heavy (non-hydrogen) atoms. The van der Waals surface area contributed by atoms with Gasteiger partial charge in [-0.25, -0.2) is 29.0 Å². The summed E-state index contributed by atoms with van der Waals surface area (Å²) in [6.07, 6.45) is 3.23. The normalized spacial score (nSPS) is 11.1. The van der Waals surface area contributed by atoms with E-state index in [1.54, 1.807) is 25.3 Å². The van der Waals surface area contributed by atoms with Crippen LogP contribution in [0.5, 0.6) is 0 Å². The van der Waals surface area contributed by atoms with Crippen molar-refractivity contribution < 1.29 is 9.90 Å². The van der Waals surface area contributed by atoms with Crippen molar-refractivity contribution >= 4 is 61.5 Å². The lowest BCUT2D eigenvalue weighted by Crippen LogP contribution is -2.11. The summed E-state index contributed by atoms with van der Waals surface area (Å²) in [7, 11) is 0. The zero-order valence-electron chi connectivity index (χ0n) is 16.3. The van der Waals surface area contributed by atoms with E-state index in [0.29, 0.717) is 21.4 Å². The lowest BCUT2D eigenvalue weighted by Gasteiger charge is -2.21. The molecule has 5 rings (SSSR count). The van der Waals surface area contributed by atoms with Crippen LogP contribution in [0.25, 0.3) is 21.3 Å². The lowest BCUT2D eigenvalue weighted by atomic mass is 10.1. The Hall–Kier alpha value is -3.56. The van der Waals surface area contributed by atoms with Gasteiger partial charge in [0.1, 0.15) is 16.7 Å². The highest BCUT2D eigenvalue weighted by Gasteiger charge is 2.23. The summed E-state index contributed by atoms with van der Waals surface area (Å²) in [5.74, 6) is -0.341. The number of fused-ring (bicyclic) bond motifs is 2. The Balaban J connectivity index is 1.72. The van der Waals surface area contributed by atoms with Crippen molar-refractivity contribution in [2.24, 2.45) is 0 Å². The van der Waals surface area contributed by atoms with Crippen molar-refractivity contribution in [1.82, 2.24) is 19.9 Å². The first kappa shape index (κ1) is 19.4. The van der Waals surface area contributed by atoms with Crippen LogP contribution in [0, 0.1) is 6.92 Å². The number of rotatable bonds is 5. The quantitative estimate of drug-likeness (QED) is 0.355. The second-order valence-electron chi connectivity index (χ2n) is 6.68. The highest BCUT2D eigenvalue weighted by molar-refractivity contribution is 8.01. The van der Waals surface area contributed by atoms with Gasteiger partial charge in [-0.15, -0.1) is 0 Å². The minimum Gasteiger partial charge on any atom is -0.478 e. The minimum absolute atomic E-state index is 0.259. The molecule has 0 spiro atoms. The van der Waals surface area contributed by atoms with Crippen molar-refractivity contribution in [2.75, 3.05) is 4.31 Å². The fourth-order valence-corrected chi connectivity index (χ4v) is 5.33. The Kier molecular flexibility index (Phi) is 4.97. The highest BCUT2D eigenvalue weighted by atomic mass is 32.2. The van der Waals surface area contributed by atoms with Crippen LogP contribution in [-0.2, 0) is 0 Å². The number of carboxylic acids is 1. The zero-order valence-corrected chi connectivity index (χ0v) is 17.9. The highest BCUT2D eigenvalue weighted by Crippen LogP contribution is 2.42. The Morgan fingerprint density at radius 2 is 1.84 bits per heavy atom. The molecule has 0 fully saturated rings. The number of carboxylic acid groups (broad SMARTS) is 1. The second-order valence-corrected chi connectivity index (χ2v) is 8.62. The summed E-state index contributed by atoms with van der Waals surface area (Å²) in [5.41, 5.74) is 2.51. The van der Waals surface area contributed by atoms with Gasteiger partial charge in [-0.3, -0.25) is 0 Å². The topological polar surface area (TPSA) is 92.1 Å². The first-order chi connectivity index (χ1) is 15.1. The van der Waals surface area contributed by atoms with Gasteiger partial charge in [0.15, 0.2) is 5.82 Å². The van der Waals surface area contributed by atoms with Crippen LogP contribution in [-0.4, -0.2) is 31.0 Å². The predicted molar refractivity (Wildman–Crippen MR) is 123 cm³/mol. The summed E-state index contributed by atoms with van der Waals surface area (Å²) in [5, 5.41) is 11.3. The fourth-order valence-electron chi connectivity index (χ4n) is 3.26. The molecule has 152 valence electrons. The SMILES string of the molecule is Cc1cccc(SN(c2nc3cccnc3s2)c2ncnc3ccccc23)c1C(=O)O. The molecule has 0 radical (unpaired) electrons. The third kappa shape index (κ3) is 3.58. The molecule has 5 aromatic rings. The number of hydrogen-bond donors (Lipinski definition) is 1. The number of pyridine rings is 1. The van der Waals surface area contributed by atoms with Gasteiger partial charge in [0, 0.05) is 16.5 Å². The molecule has 0 saturated heterocycles. The van der Waals surface area contributed by atoms with Gasteiger partial charge in [-0.2, -0.15) is 0 Å². The van der Waals surface area contributed by atoms with E-state index in [0.717, 1.165) is 21.3 Å². The average Bonchev–Trinajstić information content (AvgIpc) is 3.21. The number of carbonyl (C=O) groups is 1. The van der Waals surface area contributed by atoms with Gasteiger partial charge in [-0.1, -0.05) is 35.6 Å². The number of benzene rings is 2. The van der Waals surface area contributed by atoms with Gasteiger partial charge in [0.05, 0.1) is 11.1 Å². The largest absolute Gasteiger partial charge is 0.478 e. The summed E-state index contributed by atoms with van der Waals surface area (Å²) in [6.45, 7) is 1.79. The van der Waals surface area contributed by atoms with E-state index in [2.05, 4.69) is 15.0 Å². The Bertz CT molecular complexity index is 1400. The Morgan fingerprint density at radius 1 is 1.00 bits per heavy atom. The molecule has 0 atom stereocenters. The van der Waals surface area contributed by atoms with Gasteiger partial charge in [0.2, 0.25) is 5.13 Å². The molecule has 0 amide bonds. The average molecular weight is 446 g/mol. The van der Waals surface area contributed by atoms with Gasteiger partial charge < -0.3 is 5.11 Å². The van der Waals surface area contributed by atoms with Crippen molar-refractivity contribution in [1.29, 1.82) is 0 Å². The molecule has 3 aromatic heterocycles. The van der Waals surface area contributed by atoms with Crippen LogP contribution >= 0.6 is 23.3 Å². The molecule has 0 unspecified atom stereocenters. The Morgan fingerprint density at radius 3 is 2.68 bits per heavy atom. The van der Waals surface area contributed by atoms with E-state index >= 15 is 0 Å². The molecule has 9 heteroatoms. The molecule has 7 nitrogen and oxygen atoms in total. The molecule has 0 bridgehead atoms. The van der Waals surface area contributed by atoms with E-state index in [1.165, 1.54) is 29.6 Å². The molecule has 1 N–H and O–H groups in total. The van der Waals surface area contributed by atoms with Crippen molar-refractivity contribution in [3.63, 3.8) is 0 Å². The van der Waals surface area contributed by atoms with Crippen LogP contribution in [0.3, 0.4) is 0 Å². The summed E-state index contributed by atoms with van der Waals surface area (Å²) in [6, 6.07) is 16.9. The van der Waals surface area contributed by atoms with Crippen LogP contribution in [0.1, 0.15) is 15.9 Å². The monoisotopic (exact) mass is 445 g/mol. The van der Waals surface area contributed by atoms with E-state index in [-0.39, 0.29) is 5.56 Å².